The summed E-state index contributed by atoms with van der Waals surface area (Å²) in [4.78, 5) is 12.9. The monoisotopic (exact) mass is 197 g/mol. The highest BCUT2D eigenvalue weighted by Crippen LogP contribution is 2.10. The summed E-state index contributed by atoms with van der Waals surface area (Å²) in [6.07, 6.45) is 5.47. The zero-order valence-electron chi connectivity index (χ0n) is 8.67. The minimum absolute atomic E-state index is 0.335. The summed E-state index contributed by atoms with van der Waals surface area (Å²) in [6.45, 7) is 6.90. The van der Waals surface area contributed by atoms with Gasteiger partial charge in [-0.2, -0.15) is 0 Å². The van der Waals surface area contributed by atoms with Gasteiger partial charge in [0, 0.05) is 5.57 Å². The molecule has 80 valence electrons. The van der Waals surface area contributed by atoms with Gasteiger partial charge in [0.1, 0.15) is 0 Å². The standard InChI is InChI=1S/C11H19NO2/c1-10(11(13)14)6-5-9-12-7-3-2-4-8-12/h1-9H2,(H,13,14). The molecule has 1 fully saturated rings. The van der Waals surface area contributed by atoms with E-state index in [1.165, 1.54) is 32.4 Å². The Kier molecular flexibility index (Phi) is 4.66. The largest absolute Gasteiger partial charge is 0.478 e. The molecule has 0 aromatic heterocycles. The van der Waals surface area contributed by atoms with Crippen molar-refractivity contribution in [3.63, 3.8) is 0 Å². The van der Waals surface area contributed by atoms with Gasteiger partial charge in [-0.05, 0) is 45.3 Å². The normalized spacial score (nSPS) is 18.0. The topological polar surface area (TPSA) is 40.5 Å². The van der Waals surface area contributed by atoms with Crippen LogP contribution < -0.4 is 0 Å². The molecule has 0 aliphatic carbocycles. The third-order valence-corrected chi connectivity index (χ3v) is 2.70. The summed E-state index contributed by atoms with van der Waals surface area (Å²) in [5, 5.41) is 8.61. The molecular formula is C11H19NO2. The first-order chi connectivity index (χ1) is 6.70. The average molecular weight is 197 g/mol. The molecule has 0 atom stereocenters. The molecule has 0 bridgehead atoms. The maximum absolute atomic E-state index is 10.5. The number of nitrogens with zero attached hydrogens (tertiary/aromatic N) is 1. The van der Waals surface area contributed by atoms with Crippen LogP contribution in [0.1, 0.15) is 32.1 Å². The highest BCUT2D eigenvalue weighted by atomic mass is 16.4. The lowest BCUT2D eigenvalue weighted by Gasteiger charge is -2.26. The molecule has 3 nitrogen and oxygen atoms in total. The van der Waals surface area contributed by atoms with Crippen molar-refractivity contribution in [1.29, 1.82) is 0 Å². The van der Waals surface area contributed by atoms with Crippen LogP contribution in [0.3, 0.4) is 0 Å². The van der Waals surface area contributed by atoms with Crippen LogP contribution in [0.2, 0.25) is 0 Å². The smallest absolute Gasteiger partial charge is 0.330 e. The van der Waals surface area contributed by atoms with Gasteiger partial charge in [-0.1, -0.05) is 13.0 Å². The molecule has 1 N–H and O–H groups in total. The van der Waals surface area contributed by atoms with Crippen molar-refractivity contribution in [3.8, 4) is 0 Å². The predicted octanol–water partition coefficient (Wildman–Crippen LogP) is 1.89. The molecule has 1 heterocycles. The maximum Gasteiger partial charge on any atom is 0.330 e. The molecule has 0 amide bonds. The van der Waals surface area contributed by atoms with Crippen LogP contribution >= 0.6 is 0 Å². The molecule has 1 aliphatic heterocycles. The number of hydrogen-bond acceptors (Lipinski definition) is 2. The Bertz CT molecular complexity index is 207. The quantitative estimate of drug-likeness (QED) is 0.684. The Balaban J connectivity index is 2.08. The highest BCUT2D eigenvalue weighted by Gasteiger charge is 2.10. The fourth-order valence-corrected chi connectivity index (χ4v) is 1.81. The number of likely N-dealkylation sites (tertiary alicyclic amines) is 1. The zero-order valence-corrected chi connectivity index (χ0v) is 8.67. The summed E-state index contributed by atoms with van der Waals surface area (Å²) in [7, 11) is 0. The molecular weight excluding hydrogens is 178 g/mol. The lowest BCUT2D eigenvalue weighted by Crippen LogP contribution is -2.30. The average Bonchev–Trinajstić information content (AvgIpc) is 2.19. The zero-order chi connectivity index (χ0) is 10.4. The van der Waals surface area contributed by atoms with Crippen LogP contribution in [0.5, 0.6) is 0 Å². The van der Waals surface area contributed by atoms with Crippen LogP contribution in [-0.2, 0) is 4.79 Å². The van der Waals surface area contributed by atoms with Gasteiger partial charge >= 0.3 is 5.97 Å². The second-order valence-electron chi connectivity index (χ2n) is 3.91. The van der Waals surface area contributed by atoms with Gasteiger partial charge in [0.05, 0.1) is 0 Å². The van der Waals surface area contributed by atoms with Crippen molar-refractivity contribution < 1.29 is 9.90 Å². The number of hydrogen-bond donors (Lipinski definition) is 1. The number of aliphatic carboxylic acids is 1. The molecule has 0 saturated carbocycles. The number of carboxylic acids is 1. The Morgan fingerprint density at radius 1 is 1.29 bits per heavy atom. The van der Waals surface area contributed by atoms with Crippen molar-refractivity contribution in [2.75, 3.05) is 19.6 Å². The van der Waals surface area contributed by atoms with Gasteiger partial charge in [0.2, 0.25) is 0 Å². The summed E-state index contributed by atoms with van der Waals surface area (Å²) in [5.41, 5.74) is 0.335. The van der Waals surface area contributed by atoms with Gasteiger partial charge in [-0.15, -0.1) is 0 Å². The first kappa shape index (κ1) is 11.2. The van der Waals surface area contributed by atoms with Gasteiger partial charge in [-0.3, -0.25) is 0 Å². The third kappa shape index (κ3) is 3.92. The Hall–Kier alpha value is -0.830. The fourth-order valence-electron chi connectivity index (χ4n) is 1.81. The minimum atomic E-state index is -0.858. The lowest BCUT2D eigenvalue weighted by atomic mass is 10.1. The van der Waals surface area contributed by atoms with E-state index in [0.29, 0.717) is 12.0 Å². The van der Waals surface area contributed by atoms with Crippen molar-refractivity contribution >= 4 is 5.97 Å². The summed E-state index contributed by atoms with van der Waals surface area (Å²) in [5.74, 6) is -0.858. The summed E-state index contributed by atoms with van der Waals surface area (Å²) >= 11 is 0. The van der Waals surface area contributed by atoms with E-state index in [0.717, 1.165) is 13.0 Å². The van der Waals surface area contributed by atoms with Crippen LogP contribution in [0.15, 0.2) is 12.2 Å². The molecule has 1 rings (SSSR count). The predicted molar refractivity (Wildman–Crippen MR) is 56.3 cm³/mol. The van der Waals surface area contributed by atoms with Gasteiger partial charge in [-0.25, -0.2) is 4.79 Å². The first-order valence-electron chi connectivity index (χ1n) is 5.33. The third-order valence-electron chi connectivity index (χ3n) is 2.70. The number of rotatable bonds is 5. The van der Waals surface area contributed by atoms with Gasteiger partial charge < -0.3 is 10.0 Å². The molecule has 14 heavy (non-hydrogen) atoms. The lowest BCUT2D eigenvalue weighted by molar-refractivity contribution is -0.132. The molecule has 0 aromatic carbocycles. The fraction of sp³-hybridized carbons (Fsp3) is 0.727. The van der Waals surface area contributed by atoms with E-state index in [9.17, 15) is 4.79 Å². The van der Waals surface area contributed by atoms with E-state index in [2.05, 4.69) is 11.5 Å². The Labute approximate surface area is 85.4 Å². The van der Waals surface area contributed by atoms with E-state index < -0.39 is 5.97 Å². The van der Waals surface area contributed by atoms with Crippen molar-refractivity contribution in [3.05, 3.63) is 12.2 Å². The van der Waals surface area contributed by atoms with E-state index in [1.807, 2.05) is 0 Å². The van der Waals surface area contributed by atoms with Crippen LogP contribution in [0, 0.1) is 0 Å². The van der Waals surface area contributed by atoms with E-state index in [1.54, 1.807) is 0 Å². The van der Waals surface area contributed by atoms with Crippen molar-refractivity contribution in [1.82, 2.24) is 4.90 Å². The van der Waals surface area contributed by atoms with Crippen LogP contribution in [0.4, 0.5) is 0 Å². The number of carboxylic acid groups (broad SMARTS) is 1. The Morgan fingerprint density at radius 2 is 1.93 bits per heavy atom. The van der Waals surface area contributed by atoms with Crippen LogP contribution in [0.25, 0.3) is 0 Å². The number of carbonyl (C=O) groups is 1. The second kappa shape index (κ2) is 5.81. The van der Waals surface area contributed by atoms with E-state index in [4.69, 9.17) is 5.11 Å². The molecule has 1 saturated heterocycles. The highest BCUT2D eigenvalue weighted by molar-refractivity contribution is 5.85. The SMILES string of the molecule is C=C(CCCN1CCCCC1)C(=O)O. The number of piperidine rings is 1. The first-order valence-corrected chi connectivity index (χ1v) is 5.33. The molecule has 0 spiro atoms. The Morgan fingerprint density at radius 3 is 2.50 bits per heavy atom. The van der Waals surface area contributed by atoms with E-state index in [-0.39, 0.29) is 0 Å². The van der Waals surface area contributed by atoms with E-state index >= 15 is 0 Å². The maximum atomic E-state index is 10.5. The molecule has 0 unspecified atom stereocenters. The van der Waals surface area contributed by atoms with Crippen LogP contribution in [-0.4, -0.2) is 35.6 Å². The molecule has 3 heteroatoms. The van der Waals surface area contributed by atoms with Gasteiger partial charge in [0.15, 0.2) is 0 Å². The van der Waals surface area contributed by atoms with Gasteiger partial charge in [0.25, 0.3) is 0 Å². The minimum Gasteiger partial charge on any atom is -0.478 e. The second-order valence-corrected chi connectivity index (χ2v) is 3.91. The molecule has 0 aromatic rings. The van der Waals surface area contributed by atoms with Crippen molar-refractivity contribution in [2.24, 2.45) is 0 Å². The molecule has 1 aliphatic rings. The summed E-state index contributed by atoms with van der Waals surface area (Å²) < 4.78 is 0. The molecule has 0 radical (unpaired) electrons. The van der Waals surface area contributed by atoms with Crippen molar-refractivity contribution in [2.45, 2.75) is 32.1 Å². The summed E-state index contributed by atoms with van der Waals surface area (Å²) in [6, 6.07) is 0.